The van der Waals surface area contributed by atoms with Crippen LogP contribution in [-0.4, -0.2) is 17.6 Å². The van der Waals surface area contributed by atoms with Gasteiger partial charge in [-0.15, -0.1) is 0 Å². The molecule has 0 fully saturated rings. The monoisotopic (exact) mass is 277 g/mol. The van der Waals surface area contributed by atoms with Crippen LogP contribution >= 0.6 is 22.6 Å². The van der Waals surface area contributed by atoms with Crippen molar-refractivity contribution in [1.29, 1.82) is 0 Å². The lowest BCUT2D eigenvalue weighted by atomic mass is 10.3. The second-order valence-electron chi connectivity index (χ2n) is 2.26. The van der Waals surface area contributed by atoms with Crippen LogP contribution in [0.5, 0.6) is 0 Å². The van der Waals surface area contributed by atoms with Gasteiger partial charge in [-0.3, -0.25) is 4.79 Å². The van der Waals surface area contributed by atoms with Gasteiger partial charge >= 0.3 is 5.97 Å². The van der Waals surface area contributed by atoms with Crippen molar-refractivity contribution in [3.8, 4) is 0 Å². The maximum atomic E-state index is 10.2. The highest BCUT2D eigenvalue weighted by molar-refractivity contribution is 14.1. The standard InChI is InChI=1S/C8H8INO2/c9-6-2-1-3-7(4-6)10-5-8(11)12/h1-4,10H,5H2,(H,11,12). The van der Waals surface area contributed by atoms with Gasteiger partial charge in [0.25, 0.3) is 0 Å². The number of hydrogen-bond acceptors (Lipinski definition) is 2. The van der Waals surface area contributed by atoms with Crippen LogP contribution in [0.4, 0.5) is 5.69 Å². The molecule has 0 spiro atoms. The molecule has 4 heteroatoms. The molecule has 0 saturated carbocycles. The predicted octanol–water partition coefficient (Wildman–Crippen LogP) is 1.79. The summed E-state index contributed by atoms with van der Waals surface area (Å²) in [7, 11) is 0. The number of benzene rings is 1. The zero-order chi connectivity index (χ0) is 8.97. The number of rotatable bonds is 3. The van der Waals surface area contributed by atoms with E-state index in [1.165, 1.54) is 0 Å². The fourth-order valence-corrected chi connectivity index (χ4v) is 1.32. The Labute approximate surface area is 83.9 Å². The molecular weight excluding hydrogens is 269 g/mol. The number of aliphatic carboxylic acids is 1. The third-order valence-corrected chi connectivity index (χ3v) is 1.94. The minimum atomic E-state index is -0.853. The van der Waals surface area contributed by atoms with E-state index in [2.05, 4.69) is 27.9 Å². The molecule has 64 valence electrons. The first-order valence-electron chi connectivity index (χ1n) is 3.40. The largest absolute Gasteiger partial charge is 0.480 e. The molecule has 0 heterocycles. The molecule has 3 nitrogen and oxygen atoms in total. The second kappa shape index (κ2) is 4.30. The van der Waals surface area contributed by atoms with E-state index in [9.17, 15) is 4.79 Å². The summed E-state index contributed by atoms with van der Waals surface area (Å²) >= 11 is 2.18. The van der Waals surface area contributed by atoms with Crippen LogP contribution in [0.3, 0.4) is 0 Å². The Hall–Kier alpha value is -0.780. The quantitative estimate of drug-likeness (QED) is 0.828. The van der Waals surface area contributed by atoms with Gasteiger partial charge in [0, 0.05) is 9.26 Å². The number of carboxylic acids is 1. The van der Waals surface area contributed by atoms with Crippen molar-refractivity contribution in [3.63, 3.8) is 0 Å². The second-order valence-corrected chi connectivity index (χ2v) is 3.50. The van der Waals surface area contributed by atoms with E-state index in [0.29, 0.717) is 0 Å². The molecule has 0 saturated heterocycles. The Bertz CT molecular complexity index is 288. The topological polar surface area (TPSA) is 49.3 Å². The number of carbonyl (C=O) groups is 1. The van der Waals surface area contributed by atoms with Crippen molar-refractivity contribution >= 4 is 34.2 Å². The van der Waals surface area contributed by atoms with Gasteiger partial charge in [0.15, 0.2) is 0 Å². The molecule has 12 heavy (non-hydrogen) atoms. The predicted molar refractivity (Wildman–Crippen MR) is 55.3 cm³/mol. The van der Waals surface area contributed by atoms with E-state index in [-0.39, 0.29) is 6.54 Å². The summed E-state index contributed by atoms with van der Waals surface area (Å²) < 4.78 is 1.09. The molecule has 1 aromatic carbocycles. The van der Waals surface area contributed by atoms with Crippen molar-refractivity contribution in [2.24, 2.45) is 0 Å². The van der Waals surface area contributed by atoms with Gasteiger partial charge in [0.1, 0.15) is 6.54 Å². The molecule has 0 aliphatic carbocycles. The molecule has 1 aromatic rings. The maximum absolute atomic E-state index is 10.2. The first-order chi connectivity index (χ1) is 5.68. The van der Waals surface area contributed by atoms with E-state index < -0.39 is 5.97 Å². The molecular formula is C8H8INO2. The number of anilines is 1. The number of carboxylic acid groups (broad SMARTS) is 1. The number of nitrogens with one attached hydrogen (secondary N) is 1. The van der Waals surface area contributed by atoms with Crippen LogP contribution in [0.2, 0.25) is 0 Å². The molecule has 0 aromatic heterocycles. The van der Waals surface area contributed by atoms with Gasteiger partial charge < -0.3 is 10.4 Å². The molecule has 0 unspecified atom stereocenters. The molecule has 0 aliphatic heterocycles. The van der Waals surface area contributed by atoms with Crippen LogP contribution in [0.1, 0.15) is 0 Å². The van der Waals surface area contributed by atoms with Crippen LogP contribution in [0.25, 0.3) is 0 Å². The SMILES string of the molecule is O=C(O)CNc1cccc(I)c1. The lowest BCUT2D eigenvalue weighted by Crippen LogP contribution is -2.12. The Morgan fingerprint density at radius 1 is 1.58 bits per heavy atom. The molecule has 0 amide bonds. The van der Waals surface area contributed by atoms with Crippen LogP contribution in [0.15, 0.2) is 24.3 Å². The number of hydrogen-bond donors (Lipinski definition) is 2. The van der Waals surface area contributed by atoms with Crippen LogP contribution < -0.4 is 5.32 Å². The van der Waals surface area contributed by atoms with E-state index >= 15 is 0 Å². The summed E-state index contributed by atoms with van der Waals surface area (Å²) in [5.74, 6) is -0.853. The fourth-order valence-electron chi connectivity index (χ4n) is 0.776. The van der Waals surface area contributed by atoms with Crippen LogP contribution in [0, 0.1) is 3.57 Å². The number of halogens is 1. The van der Waals surface area contributed by atoms with Crippen molar-refractivity contribution < 1.29 is 9.90 Å². The molecule has 0 radical (unpaired) electrons. The zero-order valence-corrected chi connectivity index (χ0v) is 8.41. The zero-order valence-electron chi connectivity index (χ0n) is 6.25. The minimum absolute atomic E-state index is 0.0416. The average Bonchev–Trinajstić information content (AvgIpc) is 2.01. The summed E-state index contributed by atoms with van der Waals surface area (Å²) in [4.78, 5) is 10.2. The van der Waals surface area contributed by atoms with E-state index in [1.807, 2.05) is 24.3 Å². The maximum Gasteiger partial charge on any atom is 0.322 e. The third kappa shape index (κ3) is 3.08. The fraction of sp³-hybridized carbons (Fsp3) is 0.125. The van der Waals surface area contributed by atoms with Crippen molar-refractivity contribution in [2.45, 2.75) is 0 Å². The Kier molecular flexibility index (Phi) is 3.33. The molecule has 0 aliphatic rings. The summed E-state index contributed by atoms with van der Waals surface area (Å²) in [5, 5.41) is 11.2. The van der Waals surface area contributed by atoms with Crippen molar-refractivity contribution in [1.82, 2.24) is 0 Å². The Morgan fingerprint density at radius 2 is 2.33 bits per heavy atom. The highest BCUT2D eigenvalue weighted by Crippen LogP contribution is 2.11. The minimum Gasteiger partial charge on any atom is -0.480 e. The van der Waals surface area contributed by atoms with Gasteiger partial charge in [0.2, 0.25) is 0 Å². The van der Waals surface area contributed by atoms with E-state index in [4.69, 9.17) is 5.11 Å². The van der Waals surface area contributed by atoms with Gasteiger partial charge in [-0.2, -0.15) is 0 Å². The van der Waals surface area contributed by atoms with Gasteiger partial charge in [0.05, 0.1) is 0 Å². The van der Waals surface area contributed by atoms with Gasteiger partial charge in [-0.05, 0) is 40.8 Å². The lowest BCUT2D eigenvalue weighted by Gasteiger charge is -2.02. The summed E-state index contributed by atoms with van der Waals surface area (Å²) in [6.45, 7) is -0.0416. The van der Waals surface area contributed by atoms with E-state index in [1.54, 1.807) is 0 Å². The summed E-state index contributed by atoms with van der Waals surface area (Å²) in [6, 6.07) is 7.56. The van der Waals surface area contributed by atoms with E-state index in [0.717, 1.165) is 9.26 Å². The third-order valence-electron chi connectivity index (χ3n) is 1.27. The Morgan fingerprint density at radius 3 is 2.92 bits per heavy atom. The first-order valence-corrected chi connectivity index (χ1v) is 4.47. The molecule has 1 rings (SSSR count). The normalized spacial score (nSPS) is 9.42. The average molecular weight is 277 g/mol. The smallest absolute Gasteiger partial charge is 0.322 e. The molecule has 0 bridgehead atoms. The van der Waals surface area contributed by atoms with Gasteiger partial charge in [-0.25, -0.2) is 0 Å². The lowest BCUT2D eigenvalue weighted by molar-refractivity contribution is -0.134. The summed E-state index contributed by atoms with van der Waals surface area (Å²) in [6.07, 6.45) is 0. The van der Waals surface area contributed by atoms with Crippen molar-refractivity contribution in [3.05, 3.63) is 27.8 Å². The Balaban J connectivity index is 2.57. The van der Waals surface area contributed by atoms with Gasteiger partial charge in [-0.1, -0.05) is 6.07 Å². The van der Waals surface area contributed by atoms with Crippen LogP contribution in [-0.2, 0) is 4.79 Å². The highest BCUT2D eigenvalue weighted by atomic mass is 127. The van der Waals surface area contributed by atoms with Crippen molar-refractivity contribution in [2.75, 3.05) is 11.9 Å². The highest BCUT2D eigenvalue weighted by Gasteiger charge is 1.96. The first kappa shape index (κ1) is 9.31. The molecule has 0 atom stereocenters. The summed E-state index contributed by atoms with van der Waals surface area (Å²) in [5.41, 5.74) is 0.837. The molecule has 2 N–H and O–H groups in total.